The number of hydrogen-bond acceptors (Lipinski definition) is 5. The van der Waals surface area contributed by atoms with Crippen molar-refractivity contribution in [2.75, 3.05) is 11.9 Å². The van der Waals surface area contributed by atoms with Gasteiger partial charge in [-0.05, 0) is 24.1 Å². The highest BCUT2D eigenvalue weighted by Crippen LogP contribution is 2.23. The van der Waals surface area contributed by atoms with Crippen molar-refractivity contribution in [2.24, 2.45) is 0 Å². The van der Waals surface area contributed by atoms with Crippen LogP contribution in [0.4, 0.5) is 5.69 Å². The molecule has 20 heavy (non-hydrogen) atoms. The maximum Gasteiger partial charge on any atom is 0.251 e. The number of aromatic nitrogens is 2. The molecule has 2 N–H and O–H groups in total. The number of rotatable bonds is 4. The number of carbonyl (C=O) groups excluding carboxylic acids is 1. The molecule has 0 radical (unpaired) electrons. The van der Waals surface area contributed by atoms with E-state index in [0.717, 1.165) is 29.7 Å². The zero-order valence-corrected chi connectivity index (χ0v) is 11.3. The maximum absolute atomic E-state index is 11.8. The van der Waals surface area contributed by atoms with Crippen molar-refractivity contribution in [1.82, 2.24) is 15.5 Å². The average molecular weight is 272 g/mol. The van der Waals surface area contributed by atoms with Crippen LogP contribution in [0.25, 0.3) is 0 Å². The summed E-state index contributed by atoms with van der Waals surface area (Å²) in [6.07, 6.45) is 1.58. The van der Waals surface area contributed by atoms with Gasteiger partial charge < -0.3 is 15.2 Å². The lowest BCUT2D eigenvalue weighted by Crippen LogP contribution is -2.32. The highest BCUT2D eigenvalue weighted by Gasteiger charge is 2.19. The zero-order chi connectivity index (χ0) is 13.9. The van der Waals surface area contributed by atoms with E-state index in [9.17, 15) is 4.79 Å². The van der Waals surface area contributed by atoms with Gasteiger partial charge in [0.15, 0.2) is 5.82 Å². The number of fused-ring (bicyclic) bond motifs is 1. The Balaban J connectivity index is 1.77. The lowest BCUT2D eigenvalue weighted by atomic mass is 9.98. The first kappa shape index (κ1) is 12.7. The Morgan fingerprint density at radius 3 is 3.15 bits per heavy atom. The SMILES string of the molecule is CCc1noc(CNc2cccc3c2CCNC3=O)n1. The van der Waals surface area contributed by atoms with Crippen LogP contribution in [-0.2, 0) is 19.4 Å². The normalized spacial score (nSPS) is 13.8. The number of carbonyl (C=O) groups is 1. The molecule has 0 saturated carbocycles. The van der Waals surface area contributed by atoms with Gasteiger partial charge in [-0.2, -0.15) is 4.98 Å². The second-order valence-corrected chi connectivity index (χ2v) is 4.65. The summed E-state index contributed by atoms with van der Waals surface area (Å²) in [4.78, 5) is 16.0. The Hall–Kier alpha value is -2.37. The van der Waals surface area contributed by atoms with E-state index in [-0.39, 0.29) is 5.91 Å². The monoisotopic (exact) mass is 272 g/mol. The van der Waals surface area contributed by atoms with Crippen molar-refractivity contribution >= 4 is 11.6 Å². The number of aryl methyl sites for hydroxylation is 1. The summed E-state index contributed by atoms with van der Waals surface area (Å²) in [7, 11) is 0. The molecule has 0 aliphatic carbocycles. The molecule has 104 valence electrons. The summed E-state index contributed by atoms with van der Waals surface area (Å²) >= 11 is 0. The van der Waals surface area contributed by atoms with Gasteiger partial charge in [-0.15, -0.1) is 0 Å². The Morgan fingerprint density at radius 1 is 1.45 bits per heavy atom. The molecule has 2 aromatic rings. The highest BCUT2D eigenvalue weighted by molar-refractivity contribution is 5.98. The quantitative estimate of drug-likeness (QED) is 0.882. The first-order chi connectivity index (χ1) is 9.78. The highest BCUT2D eigenvalue weighted by atomic mass is 16.5. The third-order valence-corrected chi connectivity index (χ3v) is 3.34. The average Bonchev–Trinajstić information content (AvgIpc) is 2.94. The maximum atomic E-state index is 11.8. The van der Waals surface area contributed by atoms with Crippen molar-refractivity contribution in [1.29, 1.82) is 0 Å². The van der Waals surface area contributed by atoms with E-state index in [2.05, 4.69) is 20.8 Å². The molecule has 2 heterocycles. The predicted octanol–water partition coefficient (Wildman–Crippen LogP) is 1.53. The molecular formula is C14H16N4O2. The Kier molecular flexibility index (Phi) is 3.37. The van der Waals surface area contributed by atoms with Gasteiger partial charge in [0.05, 0.1) is 6.54 Å². The molecule has 1 aliphatic heterocycles. The van der Waals surface area contributed by atoms with Gasteiger partial charge >= 0.3 is 0 Å². The van der Waals surface area contributed by atoms with Crippen LogP contribution in [0.5, 0.6) is 0 Å². The van der Waals surface area contributed by atoms with E-state index >= 15 is 0 Å². The van der Waals surface area contributed by atoms with Gasteiger partial charge in [0, 0.05) is 24.2 Å². The first-order valence-corrected chi connectivity index (χ1v) is 6.73. The van der Waals surface area contributed by atoms with E-state index in [1.807, 2.05) is 25.1 Å². The minimum Gasteiger partial charge on any atom is -0.376 e. The van der Waals surface area contributed by atoms with Crippen LogP contribution in [0.3, 0.4) is 0 Å². The van der Waals surface area contributed by atoms with Gasteiger partial charge in [0.2, 0.25) is 5.89 Å². The molecule has 6 nitrogen and oxygen atoms in total. The number of nitrogens with zero attached hydrogens (tertiary/aromatic N) is 2. The minimum absolute atomic E-state index is 0.0130. The Labute approximate surface area is 116 Å². The molecule has 1 aromatic carbocycles. The summed E-state index contributed by atoms with van der Waals surface area (Å²) in [6.45, 7) is 3.12. The summed E-state index contributed by atoms with van der Waals surface area (Å²) < 4.78 is 5.14. The smallest absolute Gasteiger partial charge is 0.251 e. The number of amides is 1. The minimum atomic E-state index is -0.0130. The van der Waals surface area contributed by atoms with Crippen molar-refractivity contribution in [3.05, 3.63) is 41.0 Å². The van der Waals surface area contributed by atoms with Gasteiger partial charge in [-0.1, -0.05) is 18.1 Å². The third kappa shape index (κ3) is 2.36. The van der Waals surface area contributed by atoms with Crippen LogP contribution in [-0.4, -0.2) is 22.6 Å². The molecule has 1 aliphatic rings. The molecule has 3 rings (SSSR count). The van der Waals surface area contributed by atoms with Crippen molar-refractivity contribution in [3.8, 4) is 0 Å². The van der Waals surface area contributed by atoms with Gasteiger partial charge in [0.1, 0.15) is 0 Å². The third-order valence-electron chi connectivity index (χ3n) is 3.34. The molecule has 1 aromatic heterocycles. The largest absolute Gasteiger partial charge is 0.376 e. The molecule has 0 saturated heterocycles. The van der Waals surface area contributed by atoms with Gasteiger partial charge in [-0.25, -0.2) is 0 Å². The fourth-order valence-corrected chi connectivity index (χ4v) is 2.31. The lowest BCUT2D eigenvalue weighted by Gasteiger charge is -2.19. The van der Waals surface area contributed by atoms with Crippen LogP contribution in [0.2, 0.25) is 0 Å². The van der Waals surface area contributed by atoms with Gasteiger partial charge in [0.25, 0.3) is 5.91 Å². The molecule has 0 bridgehead atoms. The second-order valence-electron chi connectivity index (χ2n) is 4.65. The fraction of sp³-hybridized carbons (Fsp3) is 0.357. The topological polar surface area (TPSA) is 80.0 Å². The van der Waals surface area contributed by atoms with E-state index in [1.165, 1.54) is 0 Å². The summed E-state index contributed by atoms with van der Waals surface area (Å²) in [5, 5.41) is 9.97. The molecular weight excluding hydrogens is 256 g/mol. The number of nitrogens with one attached hydrogen (secondary N) is 2. The molecule has 0 atom stereocenters. The van der Waals surface area contributed by atoms with E-state index in [0.29, 0.717) is 24.8 Å². The lowest BCUT2D eigenvalue weighted by molar-refractivity contribution is 0.0946. The van der Waals surface area contributed by atoms with Crippen LogP contribution in [0.1, 0.15) is 34.6 Å². The van der Waals surface area contributed by atoms with Crippen LogP contribution in [0.15, 0.2) is 22.7 Å². The molecule has 0 spiro atoms. The summed E-state index contributed by atoms with van der Waals surface area (Å²) in [6, 6.07) is 5.68. The van der Waals surface area contributed by atoms with Crippen molar-refractivity contribution < 1.29 is 9.32 Å². The van der Waals surface area contributed by atoms with E-state index in [1.54, 1.807) is 0 Å². The summed E-state index contributed by atoms with van der Waals surface area (Å²) in [5.41, 5.74) is 2.74. The predicted molar refractivity (Wildman–Crippen MR) is 73.5 cm³/mol. The number of anilines is 1. The Morgan fingerprint density at radius 2 is 2.35 bits per heavy atom. The van der Waals surface area contributed by atoms with E-state index in [4.69, 9.17) is 4.52 Å². The molecule has 6 heteroatoms. The molecule has 0 fully saturated rings. The van der Waals surface area contributed by atoms with Crippen LogP contribution >= 0.6 is 0 Å². The van der Waals surface area contributed by atoms with Crippen LogP contribution in [0, 0.1) is 0 Å². The molecule has 0 unspecified atom stereocenters. The Bertz CT molecular complexity index is 636. The van der Waals surface area contributed by atoms with Crippen molar-refractivity contribution in [2.45, 2.75) is 26.3 Å². The van der Waals surface area contributed by atoms with Gasteiger partial charge in [-0.3, -0.25) is 4.79 Å². The van der Waals surface area contributed by atoms with Crippen molar-refractivity contribution in [3.63, 3.8) is 0 Å². The van der Waals surface area contributed by atoms with Crippen LogP contribution < -0.4 is 10.6 Å². The van der Waals surface area contributed by atoms with E-state index < -0.39 is 0 Å². The first-order valence-electron chi connectivity index (χ1n) is 6.73. The number of benzene rings is 1. The standard InChI is InChI=1S/C14H16N4O2/c1-2-12-17-13(20-18-12)8-16-11-5-3-4-10-9(11)6-7-15-14(10)19/h3-5,16H,2,6-8H2,1H3,(H,15,19). The number of hydrogen-bond donors (Lipinski definition) is 2. The second kappa shape index (κ2) is 5.32. The fourth-order valence-electron chi connectivity index (χ4n) is 2.31. The zero-order valence-electron chi connectivity index (χ0n) is 11.3. The summed E-state index contributed by atoms with van der Waals surface area (Å²) in [5.74, 6) is 1.25. The molecule has 1 amide bonds.